The van der Waals surface area contributed by atoms with Crippen LogP contribution in [0, 0.1) is 0 Å². The molecule has 278 valence electrons. The SMILES string of the molecule is c1ccc(-c2ccc(N(c3ccc(-c4ccccc4)cc3)c3ccc(-c4ccc5c(c4)c4cc6c(ccn6-c6ccccc6)cc4n5-c4ccccc4)cc3)cc2)cc1. The van der Waals surface area contributed by atoms with Crippen molar-refractivity contribution in [3.05, 3.63) is 237 Å². The lowest BCUT2D eigenvalue weighted by Gasteiger charge is -2.26. The van der Waals surface area contributed by atoms with Crippen LogP contribution in [0.1, 0.15) is 0 Å². The predicted octanol–water partition coefficient (Wildman–Crippen LogP) is 15.2. The smallest absolute Gasteiger partial charge is 0.0548 e. The number of nitrogens with zero attached hydrogens (tertiary/aromatic N) is 3. The monoisotopic (exact) mass is 753 g/mol. The molecule has 0 aliphatic rings. The van der Waals surface area contributed by atoms with Crippen molar-refractivity contribution in [2.75, 3.05) is 4.90 Å². The highest BCUT2D eigenvalue weighted by Gasteiger charge is 2.18. The maximum Gasteiger partial charge on any atom is 0.0548 e. The second-order valence-electron chi connectivity index (χ2n) is 15.1. The molecular weight excluding hydrogens is 715 g/mol. The summed E-state index contributed by atoms with van der Waals surface area (Å²) >= 11 is 0. The summed E-state index contributed by atoms with van der Waals surface area (Å²) in [4.78, 5) is 2.34. The van der Waals surface area contributed by atoms with E-state index in [1.807, 2.05) is 0 Å². The Morgan fingerprint density at radius 1 is 0.288 bits per heavy atom. The summed E-state index contributed by atoms with van der Waals surface area (Å²) in [6.45, 7) is 0. The Labute approximate surface area is 343 Å². The van der Waals surface area contributed by atoms with E-state index in [0.29, 0.717) is 0 Å². The molecule has 59 heavy (non-hydrogen) atoms. The van der Waals surface area contributed by atoms with Gasteiger partial charge in [-0.15, -0.1) is 0 Å². The van der Waals surface area contributed by atoms with Gasteiger partial charge in [0.1, 0.15) is 0 Å². The van der Waals surface area contributed by atoms with Gasteiger partial charge in [-0.05, 0) is 124 Å². The Bertz CT molecular complexity index is 3120. The predicted molar refractivity (Wildman–Crippen MR) is 249 cm³/mol. The average molecular weight is 754 g/mol. The minimum absolute atomic E-state index is 1.10. The first-order chi connectivity index (χ1) is 29.2. The normalized spacial score (nSPS) is 11.4. The van der Waals surface area contributed by atoms with E-state index in [4.69, 9.17) is 0 Å². The fraction of sp³-hybridized carbons (Fsp3) is 0. The number of fused-ring (bicyclic) bond motifs is 4. The molecule has 0 aliphatic carbocycles. The second kappa shape index (κ2) is 14.6. The minimum atomic E-state index is 1.10. The molecule has 11 rings (SSSR count). The summed E-state index contributed by atoms with van der Waals surface area (Å²) in [5.41, 5.74) is 16.4. The Kier molecular flexibility index (Phi) is 8.49. The van der Waals surface area contributed by atoms with Crippen LogP contribution < -0.4 is 4.90 Å². The molecule has 3 heteroatoms. The molecule has 0 unspecified atom stereocenters. The van der Waals surface area contributed by atoms with Crippen molar-refractivity contribution in [2.45, 2.75) is 0 Å². The van der Waals surface area contributed by atoms with Crippen LogP contribution in [0.3, 0.4) is 0 Å². The highest BCUT2D eigenvalue weighted by atomic mass is 15.1. The van der Waals surface area contributed by atoms with E-state index in [2.05, 4.69) is 251 Å². The fourth-order valence-electron chi connectivity index (χ4n) is 8.61. The van der Waals surface area contributed by atoms with Crippen LogP contribution in [-0.2, 0) is 0 Å². The van der Waals surface area contributed by atoms with Gasteiger partial charge >= 0.3 is 0 Å². The van der Waals surface area contributed by atoms with Crippen LogP contribution in [0.2, 0.25) is 0 Å². The number of benzene rings is 9. The van der Waals surface area contributed by atoms with Gasteiger partial charge in [0, 0.05) is 50.8 Å². The van der Waals surface area contributed by atoms with E-state index in [0.717, 1.165) is 28.4 Å². The average Bonchev–Trinajstić information content (AvgIpc) is 3.88. The van der Waals surface area contributed by atoms with E-state index >= 15 is 0 Å². The first kappa shape index (κ1) is 34.4. The lowest BCUT2D eigenvalue weighted by Crippen LogP contribution is -2.09. The number of para-hydroxylation sites is 2. The van der Waals surface area contributed by atoms with E-state index < -0.39 is 0 Å². The van der Waals surface area contributed by atoms with Crippen molar-refractivity contribution in [1.29, 1.82) is 0 Å². The lowest BCUT2D eigenvalue weighted by atomic mass is 10.0. The van der Waals surface area contributed by atoms with Gasteiger partial charge in [0.25, 0.3) is 0 Å². The zero-order valence-electron chi connectivity index (χ0n) is 32.4. The largest absolute Gasteiger partial charge is 0.317 e. The van der Waals surface area contributed by atoms with Gasteiger partial charge in [-0.1, -0.05) is 140 Å². The molecule has 0 amide bonds. The second-order valence-corrected chi connectivity index (χ2v) is 15.1. The molecular formula is C56H39N3. The summed E-state index contributed by atoms with van der Waals surface area (Å²) in [6, 6.07) is 83.1. The maximum atomic E-state index is 2.40. The lowest BCUT2D eigenvalue weighted by molar-refractivity contribution is 1.13. The first-order valence-electron chi connectivity index (χ1n) is 20.2. The molecule has 3 nitrogen and oxygen atoms in total. The zero-order chi connectivity index (χ0) is 39.1. The van der Waals surface area contributed by atoms with Crippen LogP contribution in [0.15, 0.2) is 237 Å². The molecule has 0 radical (unpaired) electrons. The molecule has 2 aromatic heterocycles. The van der Waals surface area contributed by atoms with Crippen molar-refractivity contribution in [3.8, 4) is 44.8 Å². The molecule has 0 saturated heterocycles. The molecule has 11 aromatic rings. The molecule has 0 spiro atoms. The van der Waals surface area contributed by atoms with Crippen molar-refractivity contribution < 1.29 is 0 Å². The van der Waals surface area contributed by atoms with Crippen LogP contribution in [-0.4, -0.2) is 9.13 Å². The Morgan fingerprint density at radius 3 is 1.24 bits per heavy atom. The van der Waals surface area contributed by atoms with Crippen LogP contribution in [0.25, 0.3) is 77.5 Å². The molecule has 0 atom stereocenters. The summed E-state index contributed by atoms with van der Waals surface area (Å²) in [5.74, 6) is 0. The van der Waals surface area contributed by atoms with Gasteiger partial charge in [-0.25, -0.2) is 0 Å². The van der Waals surface area contributed by atoms with Gasteiger partial charge in [0.15, 0.2) is 0 Å². The van der Waals surface area contributed by atoms with Crippen molar-refractivity contribution >= 4 is 49.8 Å². The number of hydrogen-bond acceptors (Lipinski definition) is 1. The van der Waals surface area contributed by atoms with Gasteiger partial charge in [-0.2, -0.15) is 0 Å². The van der Waals surface area contributed by atoms with Gasteiger partial charge < -0.3 is 14.0 Å². The van der Waals surface area contributed by atoms with Gasteiger partial charge in [0.05, 0.1) is 16.6 Å². The summed E-state index contributed by atoms with van der Waals surface area (Å²) in [6.07, 6.45) is 2.18. The molecule has 2 heterocycles. The third kappa shape index (κ3) is 6.26. The minimum Gasteiger partial charge on any atom is -0.317 e. The van der Waals surface area contributed by atoms with Crippen molar-refractivity contribution in [2.24, 2.45) is 0 Å². The fourth-order valence-corrected chi connectivity index (χ4v) is 8.61. The quantitative estimate of drug-likeness (QED) is 0.151. The van der Waals surface area contributed by atoms with Gasteiger partial charge in [-0.3, -0.25) is 0 Å². The molecule has 0 N–H and O–H groups in total. The first-order valence-corrected chi connectivity index (χ1v) is 20.2. The molecule has 0 fully saturated rings. The molecule has 9 aromatic carbocycles. The number of hydrogen-bond donors (Lipinski definition) is 0. The van der Waals surface area contributed by atoms with E-state index in [9.17, 15) is 0 Å². The van der Waals surface area contributed by atoms with Crippen molar-refractivity contribution in [3.63, 3.8) is 0 Å². The molecule has 0 saturated carbocycles. The summed E-state index contributed by atoms with van der Waals surface area (Å²) in [5, 5.41) is 3.67. The maximum absolute atomic E-state index is 2.40. The molecule has 0 aliphatic heterocycles. The Morgan fingerprint density at radius 2 is 0.712 bits per heavy atom. The number of aromatic nitrogens is 2. The topological polar surface area (TPSA) is 13.1 Å². The van der Waals surface area contributed by atoms with Crippen LogP contribution in [0.5, 0.6) is 0 Å². The van der Waals surface area contributed by atoms with Crippen LogP contribution >= 0.6 is 0 Å². The summed E-state index contributed by atoms with van der Waals surface area (Å²) in [7, 11) is 0. The van der Waals surface area contributed by atoms with Gasteiger partial charge in [0.2, 0.25) is 0 Å². The summed E-state index contributed by atoms with van der Waals surface area (Å²) < 4.78 is 4.69. The standard InChI is InChI=1S/C56H39N3/c1-5-13-40(14-6-1)42-21-28-49(29-22-42)58(50-30-23-43(24-31-50)41-15-7-2-8-16-41)51-32-25-44(26-33-51)45-27-34-54-52(37-45)53-39-55-46(35-36-57(55)47-17-9-3-10-18-47)38-56(53)59(54)48-19-11-4-12-20-48/h1-39H. The van der Waals surface area contributed by atoms with Crippen molar-refractivity contribution in [1.82, 2.24) is 9.13 Å². The van der Waals surface area contributed by atoms with E-state index in [1.54, 1.807) is 0 Å². The van der Waals surface area contributed by atoms with Crippen LogP contribution in [0.4, 0.5) is 17.1 Å². The number of rotatable bonds is 8. The Balaban J connectivity index is 1.01. The van der Waals surface area contributed by atoms with E-state index in [-0.39, 0.29) is 0 Å². The molecule has 0 bridgehead atoms. The van der Waals surface area contributed by atoms with E-state index in [1.165, 1.54) is 66.1 Å². The number of anilines is 3. The third-order valence-electron chi connectivity index (χ3n) is 11.5. The third-order valence-corrected chi connectivity index (χ3v) is 11.5. The Hall–Kier alpha value is -7.88. The zero-order valence-corrected chi connectivity index (χ0v) is 32.4. The highest BCUT2D eigenvalue weighted by Crippen LogP contribution is 2.40. The highest BCUT2D eigenvalue weighted by molar-refractivity contribution is 6.14.